The van der Waals surface area contributed by atoms with Gasteiger partial charge < -0.3 is 9.90 Å². The molecule has 2 fully saturated rings. The zero-order valence-electron chi connectivity index (χ0n) is 20.2. The standard InChI is InChI=1S/C11H15F2N3O3.C11H13F2N3O3/c2*12-11(13)10-9(16(18)19)5-15(14-10)8-3-1-7(6-17)2-4-8/h5,7-8,11,17H,1-4,6H2;5-8,11H,1-4H2. The van der Waals surface area contributed by atoms with E-state index in [1.165, 1.54) is 9.36 Å². The molecule has 4 rings (SSSR count). The minimum atomic E-state index is -2.96. The van der Waals surface area contributed by atoms with E-state index in [-0.39, 0.29) is 30.5 Å². The highest BCUT2D eigenvalue weighted by Crippen LogP contribution is 2.36. The first-order valence-electron chi connectivity index (χ1n) is 12.1. The monoisotopic (exact) mass is 548 g/mol. The Morgan fingerprint density at radius 1 is 0.842 bits per heavy atom. The van der Waals surface area contributed by atoms with Gasteiger partial charge in [-0.25, -0.2) is 17.6 Å². The van der Waals surface area contributed by atoms with E-state index in [9.17, 15) is 42.6 Å². The largest absolute Gasteiger partial charge is 0.396 e. The molecule has 0 aromatic carbocycles. The van der Waals surface area contributed by atoms with Crippen molar-refractivity contribution in [2.75, 3.05) is 6.61 Å². The van der Waals surface area contributed by atoms with Crippen LogP contribution in [0.15, 0.2) is 12.4 Å². The summed E-state index contributed by atoms with van der Waals surface area (Å²) in [6.45, 7) is 0.119. The van der Waals surface area contributed by atoms with Gasteiger partial charge in [-0.2, -0.15) is 10.2 Å². The van der Waals surface area contributed by atoms with Gasteiger partial charge in [-0.05, 0) is 57.3 Å². The van der Waals surface area contributed by atoms with Crippen molar-refractivity contribution in [1.82, 2.24) is 19.6 Å². The van der Waals surface area contributed by atoms with Gasteiger partial charge in [0.25, 0.3) is 12.9 Å². The van der Waals surface area contributed by atoms with Crippen LogP contribution in [0.3, 0.4) is 0 Å². The molecule has 2 heterocycles. The molecule has 0 radical (unpaired) electrons. The summed E-state index contributed by atoms with van der Waals surface area (Å²) in [5.41, 5.74) is -2.83. The maximum Gasteiger partial charge on any atom is 0.316 e. The Morgan fingerprint density at radius 2 is 1.24 bits per heavy atom. The first-order valence-corrected chi connectivity index (χ1v) is 12.1. The fourth-order valence-electron chi connectivity index (χ4n) is 4.85. The van der Waals surface area contributed by atoms with Gasteiger partial charge in [0.15, 0.2) is 0 Å². The summed E-state index contributed by atoms with van der Waals surface area (Å²) in [6, 6.07) is -0.253. The Hall–Kier alpha value is -3.43. The van der Waals surface area contributed by atoms with E-state index in [2.05, 4.69) is 10.2 Å². The number of carbonyl (C=O) groups is 1. The third-order valence-electron chi connectivity index (χ3n) is 7.04. The number of aliphatic hydroxyl groups excluding tert-OH is 1. The topological polar surface area (TPSA) is 159 Å². The molecule has 0 amide bonds. The molecule has 0 spiro atoms. The number of nitrogens with zero attached hydrogens (tertiary/aromatic N) is 6. The molecule has 2 aliphatic carbocycles. The summed E-state index contributed by atoms with van der Waals surface area (Å²) in [7, 11) is 0. The first-order chi connectivity index (χ1) is 18.0. The Balaban J connectivity index is 0.000000211. The van der Waals surface area contributed by atoms with Crippen LogP contribution in [0.4, 0.5) is 28.9 Å². The Kier molecular flexibility index (Phi) is 9.88. The van der Waals surface area contributed by atoms with Crippen molar-refractivity contribution >= 4 is 17.7 Å². The molecule has 0 aliphatic heterocycles. The molecule has 2 saturated carbocycles. The van der Waals surface area contributed by atoms with Crippen LogP contribution >= 0.6 is 0 Å². The second-order valence-electron chi connectivity index (χ2n) is 9.44. The molecule has 0 unspecified atom stereocenters. The summed E-state index contributed by atoms with van der Waals surface area (Å²) in [4.78, 5) is 30.4. The number of carbonyl (C=O) groups excluding carboxylic acids is 1. The van der Waals surface area contributed by atoms with Crippen LogP contribution in [0.5, 0.6) is 0 Å². The highest BCUT2D eigenvalue weighted by Gasteiger charge is 2.32. The van der Waals surface area contributed by atoms with Crippen LogP contribution in [0, 0.1) is 32.1 Å². The number of alkyl halides is 4. The Morgan fingerprint density at radius 3 is 1.53 bits per heavy atom. The quantitative estimate of drug-likeness (QED) is 0.206. The number of hydrogen-bond acceptors (Lipinski definition) is 8. The number of halogens is 4. The fraction of sp³-hybridized carbons (Fsp3) is 0.682. The smallest absolute Gasteiger partial charge is 0.316 e. The normalized spacial score (nSPS) is 23.7. The second-order valence-corrected chi connectivity index (χ2v) is 9.44. The summed E-state index contributed by atoms with van der Waals surface area (Å²) in [6.07, 6.45) is 2.61. The molecule has 2 aliphatic rings. The summed E-state index contributed by atoms with van der Waals surface area (Å²) >= 11 is 0. The van der Waals surface area contributed by atoms with Crippen molar-refractivity contribution in [3.8, 4) is 0 Å². The highest BCUT2D eigenvalue weighted by atomic mass is 19.3. The van der Waals surface area contributed by atoms with Gasteiger partial charge in [0.1, 0.15) is 18.7 Å². The van der Waals surface area contributed by atoms with Gasteiger partial charge in [-0.1, -0.05) is 0 Å². The molecule has 210 valence electrons. The lowest BCUT2D eigenvalue weighted by Crippen LogP contribution is -2.20. The van der Waals surface area contributed by atoms with Crippen molar-refractivity contribution in [3.05, 3.63) is 44.0 Å². The lowest BCUT2D eigenvalue weighted by atomic mass is 9.87. The van der Waals surface area contributed by atoms with Crippen LogP contribution in [-0.2, 0) is 4.79 Å². The number of aromatic nitrogens is 4. The van der Waals surface area contributed by atoms with Crippen LogP contribution in [0.2, 0.25) is 0 Å². The van der Waals surface area contributed by atoms with Crippen molar-refractivity contribution in [1.29, 1.82) is 0 Å². The molecular formula is C22H28F4N6O6. The average Bonchev–Trinajstić information content (AvgIpc) is 3.55. The highest BCUT2D eigenvalue weighted by molar-refractivity contribution is 5.53. The number of aldehydes is 1. The zero-order chi connectivity index (χ0) is 28.0. The zero-order valence-corrected chi connectivity index (χ0v) is 20.2. The van der Waals surface area contributed by atoms with Gasteiger partial charge in [0.2, 0.25) is 11.4 Å². The van der Waals surface area contributed by atoms with E-state index < -0.39 is 45.5 Å². The average molecular weight is 548 g/mol. The van der Waals surface area contributed by atoms with Gasteiger partial charge >= 0.3 is 11.4 Å². The predicted molar refractivity (Wildman–Crippen MR) is 123 cm³/mol. The number of nitro groups is 2. The minimum Gasteiger partial charge on any atom is -0.396 e. The minimum absolute atomic E-state index is 0.00336. The Bertz CT molecular complexity index is 1110. The van der Waals surface area contributed by atoms with Gasteiger partial charge in [0, 0.05) is 12.5 Å². The summed E-state index contributed by atoms with van der Waals surface area (Å²) in [5.74, 6) is 0.229. The summed E-state index contributed by atoms with van der Waals surface area (Å²) in [5, 5.41) is 37.7. The van der Waals surface area contributed by atoms with Gasteiger partial charge in [-0.15, -0.1) is 0 Å². The van der Waals surface area contributed by atoms with E-state index in [0.29, 0.717) is 38.5 Å². The third kappa shape index (κ3) is 6.90. The van der Waals surface area contributed by atoms with Crippen molar-refractivity contribution < 1.29 is 37.3 Å². The maximum atomic E-state index is 12.7. The third-order valence-corrected chi connectivity index (χ3v) is 7.04. The second kappa shape index (κ2) is 12.9. The first kappa shape index (κ1) is 29.1. The van der Waals surface area contributed by atoms with Crippen LogP contribution in [0.1, 0.15) is 87.7 Å². The molecule has 1 N–H and O–H groups in total. The maximum absolute atomic E-state index is 12.7. The van der Waals surface area contributed by atoms with E-state index >= 15 is 0 Å². The lowest BCUT2D eigenvalue weighted by molar-refractivity contribution is -0.386. The Labute approximate surface area is 213 Å². The van der Waals surface area contributed by atoms with Crippen LogP contribution in [-0.4, -0.2) is 47.4 Å². The SMILES string of the molecule is O=CC1CCC(n2cc([N+](=O)[O-])c(C(F)F)n2)CC1.O=[N+]([O-])c1cn(C2CCC(CO)CC2)nc1C(F)F. The molecule has 2 aromatic heterocycles. The molecule has 16 heteroatoms. The lowest BCUT2D eigenvalue weighted by Gasteiger charge is -2.27. The molecule has 12 nitrogen and oxygen atoms in total. The number of aliphatic hydroxyl groups is 1. The molecular weight excluding hydrogens is 520 g/mol. The van der Waals surface area contributed by atoms with E-state index in [0.717, 1.165) is 31.5 Å². The molecule has 0 bridgehead atoms. The molecule has 0 atom stereocenters. The van der Waals surface area contributed by atoms with Gasteiger partial charge in [0.05, 0.1) is 21.9 Å². The van der Waals surface area contributed by atoms with Crippen molar-refractivity contribution in [2.24, 2.45) is 11.8 Å². The number of rotatable bonds is 8. The predicted octanol–water partition coefficient (Wildman–Crippen LogP) is 5.11. The fourth-order valence-corrected chi connectivity index (χ4v) is 4.85. The van der Waals surface area contributed by atoms with Gasteiger partial charge in [-0.3, -0.25) is 29.6 Å². The van der Waals surface area contributed by atoms with Crippen LogP contribution in [0.25, 0.3) is 0 Å². The molecule has 0 saturated heterocycles. The van der Waals surface area contributed by atoms with E-state index in [1.807, 2.05) is 0 Å². The number of hydrogen-bond donors (Lipinski definition) is 1. The van der Waals surface area contributed by atoms with Crippen molar-refractivity contribution in [3.63, 3.8) is 0 Å². The van der Waals surface area contributed by atoms with Crippen molar-refractivity contribution in [2.45, 2.75) is 76.3 Å². The van der Waals surface area contributed by atoms with Crippen LogP contribution < -0.4 is 0 Å². The molecule has 2 aromatic rings. The molecule has 38 heavy (non-hydrogen) atoms. The summed E-state index contributed by atoms with van der Waals surface area (Å²) < 4.78 is 53.2. The van der Waals surface area contributed by atoms with E-state index in [4.69, 9.17) is 5.11 Å². The van der Waals surface area contributed by atoms with E-state index in [1.54, 1.807) is 0 Å².